The molecule has 6 N–H and O–H groups in total. The van der Waals surface area contributed by atoms with Crippen molar-refractivity contribution in [2.24, 2.45) is 0 Å². The molecular formula is C8H16O7. The molecule has 1 unspecified atom stereocenters. The molecule has 0 heterocycles. The summed E-state index contributed by atoms with van der Waals surface area (Å²) in [6.07, 6.45) is -9.01. The highest BCUT2D eigenvalue weighted by Gasteiger charge is 2.35. The van der Waals surface area contributed by atoms with Crippen molar-refractivity contribution in [3.63, 3.8) is 0 Å². The molecule has 0 fully saturated rings. The number of hydrogen-bond donors (Lipinski definition) is 6. The summed E-state index contributed by atoms with van der Waals surface area (Å²) < 4.78 is 0. The normalized spacial score (nSPS) is 21.5. The largest absolute Gasteiger partial charge is 0.394 e. The van der Waals surface area contributed by atoms with Crippen LogP contribution in [0.15, 0.2) is 0 Å². The first-order chi connectivity index (χ1) is 6.82. The third-order valence-corrected chi connectivity index (χ3v) is 1.96. The van der Waals surface area contributed by atoms with Crippen LogP contribution in [0.3, 0.4) is 0 Å². The second kappa shape index (κ2) is 6.11. The molecule has 0 amide bonds. The maximum atomic E-state index is 11.0. The minimum atomic E-state index is -2.01. The van der Waals surface area contributed by atoms with E-state index < -0.39 is 42.9 Å². The maximum absolute atomic E-state index is 11.0. The second-order valence-corrected chi connectivity index (χ2v) is 3.25. The van der Waals surface area contributed by atoms with Gasteiger partial charge in [0, 0.05) is 0 Å². The summed E-state index contributed by atoms with van der Waals surface area (Å²) in [4.78, 5) is 11.0. The van der Waals surface area contributed by atoms with Crippen LogP contribution in [0.2, 0.25) is 0 Å². The van der Waals surface area contributed by atoms with Crippen molar-refractivity contribution < 1.29 is 35.4 Å². The molecule has 0 aliphatic heterocycles. The number of rotatable bonds is 6. The van der Waals surface area contributed by atoms with Crippen LogP contribution in [0.4, 0.5) is 0 Å². The van der Waals surface area contributed by atoms with Crippen LogP contribution in [-0.4, -0.2) is 73.5 Å². The molecule has 15 heavy (non-hydrogen) atoms. The predicted octanol–water partition coefficient (Wildman–Crippen LogP) is -3.63. The van der Waals surface area contributed by atoms with Crippen LogP contribution in [-0.2, 0) is 4.79 Å². The number of aliphatic hydroxyl groups is 6. The quantitative estimate of drug-likeness (QED) is 0.274. The summed E-state index contributed by atoms with van der Waals surface area (Å²) in [7, 11) is 0. The Morgan fingerprint density at radius 2 is 1.53 bits per heavy atom. The molecule has 7 heteroatoms. The average Bonchev–Trinajstić information content (AvgIpc) is 2.23. The Morgan fingerprint density at radius 3 is 1.87 bits per heavy atom. The first kappa shape index (κ1) is 14.4. The Labute approximate surface area is 86.2 Å². The Morgan fingerprint density at radius 1 is 1.07 bits per heavy atom. The molecule has 0 radical (unpaired) electrons. The molecule has 0 saturated carbocycles. The topological polar surface area (TPSA) is 138 Å². The zero-order chi connectivity index (χ0) is 12.2. The first-order valence-corrected chi connectivity index (χ1v) is 4.37. The Bertz CT molecular complexity index is 205. The molecule has 5 atom stereocenters. The summed E-state index contributed by atoms with van der Waals surface area (Å²) >= 11 is 0. The fraction of sp³-hybridized carbons (Fsp3) is 0.875. The van der Waals surface area contributed by atoms with Crippen molar-refractivity contribution in [1.29, 1.82) is 0 Å². The summed E-state index contributed by atoms with van der Waals surface area (Å²) in [6, 6.07) is 0. The Kier molecular flexibility index (Phi) is 5.88. The Hall–Kier alpha value is -0.570. The van der Waals surface area contributed by atoms with Gasteiger partial charge in [0.15, 0.2) is 5.78 Å². The summed E-state index contributed by atoms with van der Waals surface area (Å²) in [5.74, 6) is -1.08. The SMILES string of the molecule is CC(O)C(=O)[C@@H](O)[C@@H](O)[C@H](O)[C@H](O)CO. The van der Waals surface area contributed by atoms with E-state index >= 15 is 0 Å². The molecule has 0 aliphatic carbocycles. The van der Waals surface area contributed by atoms with Crippen LogP contribution < -0.4 is 0 Å². The van der Waals surface area contributed by atoms with Gasteiger partial charge < -0.3 is 30.6 Å². The van der Waals surface area contributed by atoms with E-state index in [1.807, 2.05) is 0 Å². The second-order valence-electron chi connectivity index (χ2n) is 3.25. The van der Waals surface area contributed by atoms with E-state index in [9.17, 15) is 9.90 Å². The van der Waals surface area contributed by atoms with E-state index in [1.54, 1.807) is 0 Å². The lowest BCUT2D eigenvalue weighted by atomic mass is 9.98. The number of carbonyl (C=O) groups excluding carboxylic acids is 1. The zero-order valence-electron chi connectivity index (χ0n) is 8.19. The van der Waals surface area contributed by atoms with Gasteiger partial charge in [0.25, 0.3) is 0 Å². The smallest absolute Gasteiger partial charge is 0.192 e. The van der Waals surface area contributed by atoms with Crippen LogP contribution in [0, 0.1) is 0 Å². The van der Waals surface area contributed by atoms with E-state index in [1.165, 1.54) is 0 Å². The van der Waals surface area contributed by atoms with Crippen molar-refractivity contribution in [2.45, 2.75) is 37.4 Å². The number of carbonyl (C=O) groups is 1. The van der Waals surface area contributed by atoms with E-state index in [2.05, 4.69) is 0 Å². The highest BCUT2D eigenvalue weighted by molar-refractivity contribution is 5.87. The van der Waals surface area contributed by atoms with Gasteiger partial charge in [-0.05, 0) is 6.92 Å². The van der Waals surface area contributed by atoms with Crippen LogP contribution in [0.25, 0.3) is 0 Å². The molecule has 90 valence electrons. The standard InChI is InChI=1S/C8H16O7/c1-3(10)5(12)7(14)8(15)6(13)4(11)2-9/h3-4,6-11,13-15H,2H2,1H3/t3?,4-,6-,7-,8+/m1/s1. The molecule has 0 rings (SSSR count). The van der Waals surface area contributed by atoms with Gasteiger partial charge >= 0.3 is 0 Å². The zero-order valence-corrected chi connectivity index (χ0v) is 8.19. The molecule has 0 bridgehead atoms. The van der Waals surface area contributed by atoms with E-state index in [0.29, 0.717) is 0 Å². The van der Waals surface area contributed by atoms with Gasteiger partial charge in [-0.3, -0.25) is 4.79 Å². The van der Waals surface area contributed by atoms with Crippen molar-refractivity contribution >= 4 is 5.78 Å². The fourth-order valence-corrected chi connectivity index (χ4v) is 0.938. The minimum absolute atomic E-state index is 0.826. The highest BCUT2D eigenvalue weighted by Crippen LogP contribution is 2.07. The maximum Gasteiger partial charge on any atom is 0.192 e. The van der Waals surface area contributed by atoms with Crippen molar-refractivity contribution in [3.8, 4) is 0 Å². The van der Waals surface area contributed by atoms with Crippen molar-refractivity contribution in [1.82, 2.24) is 0 Å². The summed E-state index contributed by atoms with van der Waals surface area (Å²) in [5.41, 5.74) is 0. The lowest BCUT2D eigenvalue weighted by Crippen LogP contribution is -2.50. The minimum Gasteiger partial charge on any atom is -0.394 e. The highest BCUT2D eigenvalue weighted by atomic mass is 16.4. The summed E-state index contributed by atoms with van der Waals surface area (Å²) in [5, 5.41) is 53.7. The van der Waals surface area contributed by atoms with E-state index in [0.717, 1.165) is 6.92 Å². The number of ketones is 1. The Balaban J connectivity index is 4.43. The molecule has 0 spiro atoms. The van der Waals surface area contributed by atoms with Crippen molar-refractivity contribution in [3.05, 3.63) is 0 Å². The lowest BCUT2D eigenvalue weighted by Gasteiger charge is -2.25. The van der Waals surface area contributed by atoms with Gasteiger partial charge in [-0.25, -0.2) is 0 Å². The molecule has 7 nitrogen and oxygen atoms in total. The molecule has 0 saturated heterocycles. The molecule has 0 aromatic heterocycles. The molecule has 0 aromatic rings. The fourth-order valence-electron chi connectivity index (χ4n) is 0.938. The molecular weight excluding hydrogens is 208 g/mol. The average molecular weight is 224 g/mol. The summed E-state index contributed by atoms with van der Waals surface area (Å²) in [6.45, 7) is 0.265. The van der Waals surface area contributed by atoms with Crippen molar-refractivity contribution in [2.75, 3.05) is 6.61 Å². The number of hydrogen-bond acceptors (Lipinski definition) is 7. The van der Waals surface area contributed by atoms with Gasteiger partial charge in [-0.2, -0.15) is 0 Å². The van der Waals surface area contributed by atoms with Gasteiger partial charge in [0.1, 0.15) is 30.5 Å². The molecule has 0 aromatic carbocycles. The van der Waals surface area contributed by atoms with Gasteiger partial charge in [-0.15, -0.1) is 0 Å². The van der Waals surface area contributed by atoms with Gasteiger partial charge in [0.2, 0.25) is 0 Å². The first-order valence-electron chi connectivity index (χ1n) is 4.37. The van der Waals surface area contributed by atoms with Gasteiger partial charge in [0.05, 0.1) is 6.61 Å². The predicted molar refractivity (Wildman–Crippen MR) is 47.8 cm³/mol. The molecule has 0 aliphatic rings. The number of aliphatic hydroxyl groups excluding tert-OH is 6. The van der Waals surface area contributed by atoms with Crippen LogP contribution in [0.5, 0.6) is 0 Å². The number of Topliss-reactive ketones (excluding diaryl/α,β-unsaturated/α-hetero) is 1. The monoisotopic (exact) mass is 224 g/mol. The van der Waals surface area contributed by atoms with E-state index in [-0.39, 0.29) is 0 Å². The van der Waals surface area contributed by atoms with Crippen LogP contribution in [0.1, 0.15) is 6.92 Å². The third-order valence-electron chi connectivity index (χ3n) is 1.96. The van der Waals surface area contributed by atoms with Gasteiger partial charge in [-0.1, -0.05) is 0 Å². The van der Waals surface area contributed by atoms with E-state index in [4.69, 9.17) is 25.5 Å². The lowest BCUT2D eigenvalue weighted by molar-refractivity contribution is -0.153. The third kappa shape index (κ3) is 3.82. The van der Waals surface area contributed by atoms with Crippen LogP contribution >= 0.6 is 0 Å².